The van der Waals surface area contributed by atoms with Gasteiger partial charge in [-0.2, -0.15) is 0 Å². The maximum absolute atomic E-state index is 8.95. The second-order valence-corrected chi connectivity index (χ2v) is 5.18. The number of hydrogen-bond acceptors (Lipinski definition) is 5. The molecule has 1 aliphatic rings. The van der Waals surface area contributed by atoms with Crippen LogP contribution in [0.4, 0.5) is 5.95 Å². The summed E-state index contributed by atoms with van der Waals surface area (Å²) in [6, 6.07) is 0. The molecule has 1 fully saturated rings. The zero-order valence-corrected chi connectivity index (χ0v) is 11.2. The van der Waals surface area contributed by atoms with Crippen molar-refractivity contribution in [1.29, 1.82) is 0 Å². The summed E-state index contributed by atoms with van der Waals surface area (Å²) in [5.74, 6) is 1.47. The molecule has 5 heteroatoms. The average Bonchev–Trinajstić information content (AvgIpc) is 2.41. The molecular formula is C13H22N4O. The zero-order valence-electron chi connectivity index (χ0n) is 11.2. The fourth-order valence-corrected chi connectivity index (χ4v) is 2.34. The van der Waals surface area contributed by atoms with Gasteiger partial charge in [0, 0.05) is 31.5 Å². The van der Waals surface area contributed by atoms with E-state index in [4.69, 9.17) is 5.11 Å². The molecular weight excluding hydrogens is 228 g/mol. The molecule has 18 heavy (non-hydrogen) atoms. The first-order chi connectivity index (χ1) is 8.69. The minimum atomic E-state index is -0.00104. The second kappa shape index (κ2) is 6.11. The van der Waals surface area contributed by atoms with Crippen molar-refractivity contribution in [3.05, 3.63) is 18.0 Å². The molecule has 1 aromatic rings. The van der Waals surface area contributed by atoms with Gasteiger partial charge < -0.3 is 14.9 Å². The molecule has 1 aliphatic heterocycles. The highest BCUT2D eigenvalue weighted by molar-refractivity contribution is 5.28. The monoisotopic (exact) mass is 250 g/mol. The van der Waals surface area contributed by atoms with Gasteiger partial charge in [0.2, 0.25) is 5.95 Å². The highest BCUT2D eigenvalue weighted by atomic mass is 16.3. The smallest absolute Gasteiger partial charge is 0.225 e. The SMILES string of the molecule is CN1CCC(CN(C)c2ncc(CO)cn2)CC1. The third-order valence-electron chi connectivity index (χ3n) is 3.59. The summed E-state index contributed by atoms with van der Waals surface area (Å²) in [5, 5.41) is 8.95. The Labute approximate surface area is 108 Å². The molecule has 1 N–H and O–H groups in total. The van der Waals surface area contributed by atoms with Crippen LogP contribution in [-0.4, -0.2) is 53.7 Å². The van der Waals surface area contributed by atoms with Crippen LogP contribution in [0, 0.1) is 5.92 Å². The van der Waals surface area contributed by atoms with Crippen molar-refractivity contribution in [3.63, 3.8) is 0 Å². The van der Waals surface area contributed by atoms with Gasteiger partial charge in [-0.05, 0) is 38.9 Å². The molecule has 0 atom stereocenters. The van der Waals surface area contributed by atoms with E-state index >= 15 is 0 Å². The van der Waals surface area contributed by atoms with Crippen LogP contribution in [0.2, 0.25) is 0 Å². The van der Waals surface area contributed by atoms with Gasteiger partial charge in [0.15, 0.2) is 0 Å². The van der Waals surface area contributed by atoms with Gasteiger partial charge in [-0.1, -0.05) is 0 Å². The predicted octanol–water partition coefficient (Wildman–Crippen LogP) is 0.747. The first-order valence-electron chi connectivity index (χ1n) is 6.50. The number of aliphatic hydroxyl groups excluding tert-OH is 1. The van der Waals surface area contributed by atoms with Crippen LogP contribution in [0.1, 0.15) is 18.4 Å². The molecule has 2 rings (SSSR count). The van der Waals surface area contributed by atoms with Gasteiger partial charge >= 0.3 is 0 Å². The lowest BCUT2D eigenvalue weighted by Gasteiger charge is -2.31. The van der Waals surface area contributed by atoms with Gasteiger partial charge in [0.1, 0.15) is 0 Å². The topological polar surface area (TPSA) is 52.5 Å². The summed E-state index contributed by atoms with van der Waals surface area (Å²) in [6.45, 7) is 3.37. The van der Waals surface area contributed by atoms with Crippen LogP contribution < -0.4 is 4.90 Å². The molecule has 1 aromatic heterocycles. The summed E-state index contributed by atoms with van der Waals surface area (Å²) in [7, 11) is 4.21. The molecule has 0 aromatic carbocycles. The highest BCUT2D eigenvalue weighted by Crippen LogP contribution is 2.18. The average molecular weight is 250 g/mol. The van der Waals surface area contributed by atoms with Gasteiger partial charge in [-0.15, -0.1) is 0 Å². The third kappa shape index (κ3) is 3.40. The zero-order chi connectivity index (χ0) is 13.0. The highest BCUT2D eigenvalue weighted by Gasteiger charge is 2.19. The number of hydrogen-bond donors (Lipinski definition) is 1. The Hall–Kier alpha value is -1.20. The fourth-order valence-electron chi connectivity index (χ4n) is 2.34. The van der Waals surface area contributed by atoms with Crippen LogP contribution in [0.3, 0.4) is 0 Å². The van der Waals surface area contributed by atoms with E-state index in [1.54, 1.807) is 12.4 Å². The van der Waals surface area contributed by atoms with Crippen molar-refractivity contribution in [3.8, 4) is 0 Å². The Morgan fingerprint density at radius 1 is 1.33 bits per heavy atom. The van der Waals surface area contributed by atoms with Crippen LogP contribution >= 0.6 is 0 Å². The Morgan fingerprint density at radius 2 is 1.94 bits per heavy atom. The van der Waals surface area contributed by atoms with E-state index < -0.39 is 0 Å². The normalized spacial score (nSPS) is 17.9. The van der Waals surface area contributed by atoms with Gasteiger partial charge in [0.25, 0.3) is 0 Å². The van der Waals surface area contributed by atoms with Gasteiger partial charge in [0.05, 0.1) is 6.61 Å². The van der Waals surface area contributed by atoms with E-state index in [0.717, 1.165) is 24.0 Å². The quantitative estimate of drug-likeness (QED) is 0.854. The molecule has 100 valence electrons. The first-order valence-corrected chi connectivity index (χ1v) is 6.50. The van der Waals surface area contributed by atoms with E-state index in [0.29, 0.717) is 0 Å². The van der Waals surface area contributed by atoms with Crippen LogP contribution in [-0.2, 0) is 6.61 Å². The van der Waals surface area contributed by atoms with E-state index in [2.05, 4.69) is 26.8 Å². The number of likely N-dealkylation sites (tertiary alicyclic amines) is 1. The number of piperidine rings is 1. The lowest BCUT2D eigenvalue weighted by Crippen LogP contribution is -2.36. The van der Waals surface area contributed by atoms with Gasteiger partial charge in [-0.25, -0.2) is 9.97 Å². The van der Waals surface area contributed by atoms with Crippen molar-refractivity contribution in [2.24, 2.45) is 5.92 Å². The Balaban J connectivity index is 1.88. The second-order valence-electron chi connectivity index (χ2n) is 5.18. The number of rotatable bonds is 4. The first kappa shape index (κ1) is 13.2. The standard InChI is InChI=1S/C13H22N4O/c1-16-5-3-11(4-6-16)9-17(2)13-14-7-12(10-18)8-15-13/h7-8,11,18H,3-6,9-10H2,1-2H3. The minimum absolute atomic E-state index is 0.00104. The molecule has 2 heterocycles. The summed E-state index contributed by atoms with van der Waals surface area (Å²) in [5.41, 5.74) is 0.756. The molecule has 0 radical (unpaired) electrons. The lowest BCUT2D eigenvalue weighted by atomic mass is 9.97. The predicted molar refractivity (Wildman–Crippen MR) is 71.4 cm³/mol. The number of nitrogens with zero attached hydrogens (tertiary/aromatic N) is 4. The van der Waals surface area contributed by atoms with Crippen molar-refractivity contribution >= 4 is 5.95 Å². The van der Waals surface area contributed by atoms with Crippen molar-refractivity contribution in [2.45, 2.75) is 19.4 Å². The molecule has 0 aliphatic carbocycles. The van der Waals surface area contributed by atoms with Crippen LogP contribution in [0.15, 0.2) is 12.4 Å². The Kier molecular flexibility index (Phi) is 4.49. The van der Waals surface area contributed by atoms with E-state index in [9.17, 15) is 0 Å². The largest absolute Gasteiger partial charge is 0.392 e. The molecule has 5 nitrogen and oxygen atoms in total. The Morgan fingerprint density at radius 3 is 2.50 bits per heavy atom. The molecule has 0 amide bonds. The van der Waals surface area contributed by atoms with Crippen LogP contribution in [0.25, 0.3) is 0 Å². The maximum Gasteiger partial charge on any atom is 0.225 e. The number of anilines is 1. The summed E-state index contributed by atoms with van der Waals surface area (Å²) >= 11 is 0. The molecule has 0 unspecified atom stereocenters. The fraction of sp³-hybridized carbons (Fsp3) is 0.692. The summed E-state index contributed by atoms with van der Waals surface area (Å²) in [6.07, 6.45) is 5.87. The van der Waals surface area contributed by atoms with Gasteiger partial charge in [-0.3, -0.25) is 0 Å². The van der Waals surface area contributed by atoms with E-state index in [1.807, 2.05) is 7.05 Å². The molecule has 0 spiro atoms. The lowest BCUT2D eigenvalue weighted by molar-refractivity contribution is 0.222. The van der Waals surface area contributed by atoms with E-state index in [-0.39, 0.29) is 6.61 Å². The van der Waals surface area contributed by atoms with Crippen molar-refractivity contribution < 1.29 is 5.11 Å². The van der Waals surface area contributed by atoms with Crippen LogP contribution in [0.5, 0.6) is 0 Å². The molecule has 1 saturated heterocycles. The van der Waals surface area contributed by atoms with Crippen molar-refractivity contribution in [1.82, 2.24) is 14.9 Å². The number of aliphatic hydroxyl groups is 1. The third-order valence-corrected chi connectivity index (χ3v) is 3.59. The molecule has 0 saturated carbocycles. The minimum Gasteiger partial charge on any atom is -0.392 e. The molecule has 0 bridgehead atoms. The van der Waals surface area contributed by atoms with Crippen molar-refractivity contribution in [2.75, 3.05) is 38.6 Å². The summed E-state index contributed by atoms with van der Waals surface area (Å²) < 4.78 is 0. The summed E-state index contributed by atoms with van der Waals surface area (Å²) in [4.78, 5) is 13.0. The Bertz CT molecular complexity index is 360. The number of aromatic nitrogens is 2. The maximum atomic E-state index is 8.95. The van der Waals surface area contributed by atoms with E-state index in [1.165, 1.54) is 25.9 Å².